The van der Waals surface area contributed by atoms with Crippen LogP contribution in [-0.4, -0.2) is 18.4 Å². The summed E-state index contributed by atoms with van der Waals surface area (Å²) in [5.74, 6) is -3.22. The van der Waals surface area contributed by atoms with Gasteiger partial charge in [0.2, 0.25) is 11.8 Å². The molecule has 130 valence electrons. The number of hydrogen-bond acceptors (Lipinski definition) is 2. The van der Waals surface area contributed by atoms with Crippen molar-refractivity contribution in [2.45, 2.75) is 13.3 Å². The fourth-order valence-corrected chi connectivity index (χ4v) is 2.97. The Morgan fingerprint density at radius 3 is 2.68 bits per heavy atom. The topological polar surface area (TPSA) is 49.4 Å². The number of nitrogens with zero attached hydrogens (tertiary/aromatic N) is 1. The normalized spacial score (nSPS) is 17.0. The van der Waals surface area contributed by atoms with Crippen molar-refractivity contribution in [1.82, 2.24) is 0 Å². The largest absolute Gasteiger partial charge is 0.326 e. The van der Waals surface area contributed by atoms with Crippen molar-refractivity contribution in [3.05, 3.63) is 58.6 Å². The predicted octanol–water partition coefficient (Wildman–Crippen LogP) is 3.92. The van der Waals surface area contributed by atoms with Gasteiger partial charge in [-0.25, -0.2) is 8.78 Å². The Kier molecular flexibility index (Phi) is 4.72. The van der Waals surface area contributed by atoms with Crippen LogP contribution in [0.2, 0.25) is 5.02 Å². The average molecular weight is 365 g/mol. The van der Waals surface area contributed by atoms with Gasteiger partial charge < -0.3 is 10.2 Å². The molecule has 4 nitrogen and oxygen atoms in total. The molecule has 0 radical (unpaired) electrons. The number of nitrogens with one attached hydrogen (secondary N) is 1. The molecule has 0 aromatic heterocycles. The van der Waals surface area contributed by atoms with E-state index in [-0.39, 0.29) is 24.6 Å². The molecule has 1 unspecified atom stereocenters. The van der Waals surface area contributed by atoms with Crippen molar-refractivity contribution in [3.63, 3.8) is 0 Å². The van der Waals surface area contributed by atoms with Gasteiger partial charge in [-0.05, 0) is 36.8 Å². The van der Waals surface area contributed by atoms with Crippen LogP contribution in [0.3, 0.4) is 0 Å². The first kappa shape index (κ1) is 17.4. The van der Waals surface area contributed by atoms with Crippen molar-refractivity contribution >= 4 is 34.8 Å². The summed E-state index contributed by atoms with van der Waals surface area (Å²) in [5.41, 5.74) is 1.69. The van der Waals surface area contributed by atoms with Gasteiger partial charge in [0.1, 0.15) is 0 Å². The van der Waals surface area contributed by atoms with Crippen LogP contribution >= 0.6 is 11.6 Å². The molecule has 1 saturated heterocycles. The Bertz CT molecular complexity index is 857. The summed E-state index contributed by atoms with van der Waals surface area (Å²) in [5, 5.41) is 3.02. The van der Waals surface area contributed by atoms with E-state index >= 15 is 0 Å². The molecule has 7 heteroatoms. The molecule has 1 aliphatic rings. The van der Waals surface area contributed by atoms with Gasteiger partial charge in [0, 0.05) is 35.4 Å². The maximum Gasteiger partial charge on any atom is 0.229 e. The van der Waals surface area contributed by atoms with E-state index in [0.717, 1.165) is 17.7 Å². The van der Waals surface area contributed by atoms with Crippen molar-refractivity contribution in [1.29, 1.82) is 0 Å². The Hall–Kier alpha value is -2.47. The highest BCUT2D eigenvalue weighted by Crippen LogP contribution is 2.30. The van der Waals surface area contributed by atoms with E-state index < -0.39 is 23.5 Å². The van der Waals surface area contributed by atoms with Crippen LogP contribution in [0.4, 0.5) is 20.2 Å². The fourth-order valence-electron chi connectivity index (χ4n) is 2.81. The van der Waals surface area contributed by atoms with Crippen molar-refractivity contribution in [2.75, 3.05) is 16.8 Å². The SMILES string of the molecule is Cc1ccc(Cl)cc1N1CC(C(=O)Nc2ccc(F)c(F)c2)CC1=O. The molecule has 0 bridgehead atoms. The number of hydrogen-bond donors (Lipinski definition) is 1. The average Bonchev–Trinajstić information content (AvgIpc) is 2.95. The van der Waals surface area contributed by atoms with Gasteiger partial charge in [0.25, 0.3) is 0 Å². The Balaban J connectivity index is 1.74. The van der Waals surface area contributed by atoms with E-state index in [1.54, 1.807) is 18.2 Å². The molecular formula is C18H15ClF2N2O2. The van der Waals surface area contributed by atoms with Crippen LogP contribution < -0.4 is 10.2 Å². The summed E-state index contributed by atoms with van der Waals surface area (Å²) in [4.78, 5) is 26.2. The van der Waals surface area contributed by atoms with Crippen LogP contribution in [-0.2, 0) is 9.59 Å². The number of halogens is 3. The molecule has 0 spiro atoms. The molecule has 1 N–H and O–H groups in total. The number of benzene rings is 2. The minimum Gasteiger partial charge on any atom is -0.326 e. The zero-order valence-electron chi connectivity index (χ0n) is 13.4. The lowest BCUT2D eigenvalue weighted by molar-refractivity contribution is -0.122. The van der Waals surface area contributed by atoms with Gasteiger partial charge in [0.05, 0.1) is 5.92 Å². The Labute approximate surface area is 148 Å². The molecule has 3 rings (SSSR count). The summed E-state index contributed by atoms with van der Waals surface area (Å²) < 4.78 is 26.2. The number of aryl methyl sites for hydroxylation is 1. The van der Waals surface area contributed by atoms with Gasteiger partial charge in [-0.3, -0.25) is 9.59 Å². The minimum absolute atomic E-state index is 0.0431. The lowest BCUT2D eigenvalue weighted by atomic mass is 10.1. The maximum absolute atomic E-state index is 13.2. The molecule has 0 saturated carbocycles. The monoisotopic (exact) mass is 364 g/mol. The summed E-state index contributed by atoms with van der Waals surface area (Å²) in [6.45, 7) is 2.06. The standard InChI is InChI=1S/C18H15ClF2N2O2/c1-10-2-3-12(19)7-16(10)23-9-11(6-17(23)24)18(25)22-13-4-5-14(20)15(21)8-13/h2-5,7-8,11H,6,9H2,1H3,(H,22,25). The van der Waals surface area contributed by atoms with Crippen molar-refractivity contribution < 1.29 is 18.4 Å². The molecule has 1 aliphatic heterocycles. The van der Waals surface area contributed by atoms with Crippen molar-refractivity contribution in [3.8, 4) is 0 Å². The summed E-state index contributed by atoms with van der Waals surface area (Å²) in [6, 6.07) is 8.33. The molecule has 1 heterocycles. The number of anilines is 2. The second kappa shape index (κ2) is 6.80. The van der Waals surface area contributed by atoms with E-state index in [0.29, 0.717) is 10.7 Å². The molecule has 2 aromatic carbocycles. The number of carbonyl (C=O) groups excluding carboxylic acids is 2. The predicted molar refractivity (Wildman–Crippen MR) is 91.6 cm³/mol. The minimum atomic E-state index is -1.04. The fraction of sp³-hybridized carbons (Fsp3) is 0.222. The highest BCUT2D eigenvalue weighted by Gasteiger charge is 2.35. The second-order valence-electron chi connectivity index (χ2n) is 5.95. The number of carbonyl (C=O) groups is 2. The quantitative estimate of drug-likeness (QED) is 0.897. The third-order valence-electron chi connectivity index (χ3n) is 4.14. The lowest BCUT2D eigenvalue weighted by Crippen LogP contribution is -2.28. The van der Waals surface area contributed by atoms with E-state index in [1.807, 2.05) is 6.92 Å². The van der Waals surface area contributed by atoms with Gasteiger partial charge in [-0.2, -0.15) is 0 Å². The first-order valence-electron chi connectivity index (χ1n) is 7.67. The molecule has 1 atom stereocenters. The highest BCUT2D eigenvalue weighted by atomic mass is 35.5. The highest BCUT2D eigenvalue weighted by molar-refractivity contribution is 6.31. The summed E-state index contributed by atoms with van der Waals surface area (Å²) in [7, 11) is 0. The van der Waals surface area contributed by atoms with E-state index in [2.05, 4.69) is 5.32 Å². The summed E-state index contributed by atoms with van der Waals surface area (Å²) >= 11 is 5.99. The summed E-state index contributed by atoms with van der Waals surface area (Å²) in [6.07, 6.45) is 0.0431. The third-order valence-corrected chi connectivity index (χ3v) is 4.38. The van der Waals surface area contributed by atoms with Crippen molar-refractivity contribution in [2.24, 2.45) is 5.92 Å². The molecule has 25 heavy (non-hydrogen) atoms. The third kappa shape index (κ3) is 3.64. The smallest absolute Gasteiger partial charge is 0.229 e. The van der Waals surface area contributed by atoms with Crippen LogP contribution in [0.5, 0.6) is 0 Å². The first-order valence-corrected chi connectivity index (χ1v) is 8.05. The Morgan fingerprint density at radius 2 is 1.96 bits per heavy atom. The van der Waals surface area contributed by atoms with Gasteiger partial charge in [-0.15, -0.1) is 0 Å². The van der Waals surface area contributed by atoms with Crippen LogP contribution in [0, 0.1) is 24.5 Å². The molecular weight excluding hydrogens is 350 g/mol. The molecule has 1 fully saturated rings. The van der Waals surface area contributed by atoms with Crippen LogP contribution in [0.1, 0.15) is 12.0 Å². The number of amides is 2. The van der Waals surface area contributed by atoms with Gasteiger partial charge >= 0.3 is 0 Å². The molecule has 2 aromatic rings. The molecule has 0 aliphatic carbocycles. The Morgan fingerprint density at radius 1 is 1.20 bits per heavy atom. The van der Waals surface area contributed by atoms with Gasteiger partial charge in [0.15, 0.2) is 11.6 Å². The van der Waals surface area contributed by atoms with Crippen LogP contribution in [0.25, 0.3) is 0 Å². The lowest BCUT2D eigenvalue weighted by Gasteiger charge is -2.19. The maximum atomic E-state index is 13.2. The van der Waals surface area contributed by atoms with Crippen LogP contribution in [0.15, 0.2) is 36.4 Å². The zero-order valence-corrected chi connectivity index (χ0v) is 14.1. The van der Waals surface area contributed by atoms with Gasteiger partial charge in [-0.1, -0.05) is 17.7 Å². The van der Waals surface area contributed by atoms with E-state index in [9.17, 15) is 18.4 Å². The van der Waals surface area contributed by atoms with E-state index in [1.165, 1.54) is 11.0 Å². The number of rotatable bonds is 3. The zero-order chi connectivity index (χ0) is 18.1. The molecule has 2 amide bonds. The van der Waals surface area contributed by atoms with E-state index in [4.69, 9.17) is 11.6 Å². The second-order valence-corrected chi connectivity index (χ2v) is 6.39. The first-order chi connectivity index (χ1) is 11.8.